The van der Waals surface area contributed by atoms with Crippen LogP contribution in [0.15, 0.2) is 6.33 Å². The minimum absolute atomic E-state index is 0.0471. The number of nitrogens with two attached hydrogens (primary N) is 1. The first-order valence-corrected chi connectivity index (χ1v) is 8.06. The number of hydrogen-bond donors (Lipinski definition) is 1. The third-order valence-electron chi connectivity index (χ3n) is 4.16. The molecule has 0 aromatic carbocycles. The Balaban J connectivity index is 1.92. The minimum atomic E-state index is -1.81. The first-order valence-electron chi connectivity index (χ1n) is 8.06. The molecule has 140 valence electrons. The van der Waals surface area contributed by atoms with Crippen molar-refractivity contribution in [3.8, 4) is 0 Å². The van der Waals surface area contributed by atoms with Crippen LogP contribution in [0.1, 0.15) is 32.9 Å². The molecule has 2 aromatic heterocycles. The zero-order chi connectivity index (χ0) is 19.0. The van der Waals surface area contributed by atoms with E-state index < -0.39 is 42.4 Å². The highest BCUT2D eigenvalue weighted by Crippen LogP contribution is 2.37. The van der Waals surface area contributed by atoms with Crippen LogP contribution in [-0.4, -0.2) is 49.7 Å². The molecule has 0 saturated carbocycles. The Kier molecular flexibility index (Phi) is 4.81. The highest BCUT2D eigenvalue weighted by atomic mass is 19.1. The smallest absolute Gasteiger partial charge is 0.375 e. The third kappa shape index (κ3) is 2.98. The second-order valence-corrected chi connectivity index (χ2v) is 5.77. The molecule has 1 unspecified atom stereocenters. The van der Waals surface area contributed by atoms with E-state index in [4.69, 9.17) is 15.2 Å². The summed E-state index contributed by atoms with van der Waals surface area (Å²) in [5.41, 5.74) is 5.64. The number of fused-ring (bicyclic) bond motifs is 1. The van der Waals surface area contributed by atoms with E-state index in [0.717, 1.165) is 0 Å². The van der Waals surface area contributed by atoms with Gasteiger partial charge in [-0.1, -0.05) is 13.8 Å². The van der Waals surface area contributed by atoms with E-state index in [9.17, 15) is 18.4 Å². The second-order valence-electron chi connectivity index (χ2n) is 5.77. The number of esters is 1. The average molecular weight is 369 g/mol. The van der Waals surface area contributed by atoms with Crippen LogP contribution < -0.4 is 5.73 Å². The molecule has 11 heteroatoms. The molecule has 9 nitrogen and oxygen atoms in total. The number of hydrogen-bond acceptors (Lipinski definition) is 8. The van der Waals surface area contributed by atoms with Crippen molar-refractivity contribution in [1.29, 1.82) is 0 Å². The molecule has 1 fully saturated rings. The summed E-state index contributed by atoms with van der Waals surface area (Å²) in [6.07, 6.45) is -4.77. The van der Waals surface area contributed by atoms with E-state index in [-0.39, 0.29) is 23.4 Å². The number of aromatic nitrogens is 4. The molecule has 1 saturated heterocycles. The Bertz CT molecular complexity index is 858. The number of carbonyl (C=O) groups excluding carboxylic acids is 2. The van der Waals surface area contributed by atoms with Crippen molar-refractivity contribution in [2.24, 2.45) is 0 Å². The van der Waals surface area contributed by atoms with Gasteiger partial charge in [0.2, 0.25) is 5.78 Å². The van der Waals surface area contributed by atoms with Crippen molar-refractivity contribution in [2.45, 2.75) is 51.3 Å². The molecule has 1 aliphatic rings. The van der Waals surface area contributed by atoms with Crippen molar-refractivity contribution < 1.29 is 27.8 Å². The maximum absolute atomic E-state index is 15.0. The van der Waals surface area contributed by atoms with Gasteiger partial charge in [0.1, 0.15) is 6.10 Å². The number of ether oxygens (including phenoxy) is 2. The number of halogens is 2. The van der Waals surface area contributed by atoms with Gasteiger partial charge in [0.15, 0.2) is 35.5 Å². The van der Waals surface area contributed by atoms with Crippen molar-refractivity contribution in [2.75, 3.05) is 5.73 Å². The van der Waals surface area contributed by atoms with Gasteiger partial charge in [-0.2, -0.15) is 14.4 Å². The molecule has 0 amide bonds. The van der Waals surface area contributed by atoms with E-state index >= 15 is 0 Å². The first-order chi connectivity index (χ1) is 12.4. The number of nitrogens with zero attached hydrogens (tertiary/aromatic N) is 4. The maximum atomic E-state index is 15.0. The lowest BCUT2D eigenvalue weighted by Crippen LogP contribution is -2.35. The van der Waals surface area contributed by atoms with Crippen molar-refractivity contribution in [3.63, 3.8) is 0 Å². The molecule has 26 heavy (non-hydrogen) atoms. The largest absolute Gasteiger partial charge is 0.451 e. The Morgan fingerprint density at radius 2 is 2.12 bits per heavy atom. The van der Waals surface area contributed by atoms with Crippen molar-refractivity contribution in [1.82, 2.24) is 19.5 Å². The Hall–Kier alpha value is -2.69. The summed E-state index contributed by atoms with van der Waals surface area (Å²) in [5.74, 6) is -2.06. The summed E-state index contributed by atoms with van der Waals surface area (Å²) in [6.45, 7) is 3.21. The average Bonchev–Trinajstić information content (AvgIpc) is 3.16. The number of alkyl halides is 1. The number of nitrogen functional groups attached to an aromatic ring is 1. The molecular weight excluding hydrogens is 352 g/mol. The van der Waals surface area contributed by atoms with E-state index in [1.807, 2.05) is 0 Å². The molecule has 0 radical (unpaired) electrons. The van der Waals surface area contributed by atoms with E-state index in [1.54, 1.807) is 6.92 Å². The number of imidazole rings is 1. The molecule has 1 aliphatic heterocycles. The molecule has 3 rings (SSSR count). The van der Waals surface area contributed by atoms with Gasteiger partial charge in [-0.25, -0.2) is 14.2 Å². The fourth-order valence-electron chi connectivity index (χ4n) is 2.82. The van der Waals surface area contributed by atoms with E-state index in [0.29, 0.717) is 6.42 Å². The van der Waals surface area contributed by atoms with Gasteiger partial charge >= 0.3 is 12.0 Å². The van der Waals surface area contributed by atoms with Gasteiger partial charge in [-0.15, -0.1) is 0 Å². The lowest BCUT2D eigenvalue weighted by atomic mass is 10.1. The van der Waals surface area contributed by atoms with E-state index in [1.165, 1.54) is 17.8 Å². The number of rotatable bonds is 5. The van der Waals surface area contributed by atoms with Crippen LogP contribution >= 0.6 is 0 Å². The monoisotopic (exact) mass is 369 g/mol. The fourth-order valence-corrected chi connectivity index (χ4v) is 2.82. The van der Waals surface area contributed by atoms with Crippen LogP contribution in [0.5, 0.6) is 0 Å². The third-order valence-corrected chi connectivity index (χ3v) is 4.16. The van der Waals surface area contributed by atoms with Gasteiger partial charge in [-0.05, 0) is 6.42 Å². The molecule has 0 spiro atoms. The Morgan fingerprint density at radius 3 is 2.77 bits per heavy atom. The van der Waals surface area contributed by atoms with Crippen LogP contribution in [0, 0.1) is 6.08 Å². The maximum Gasteiger partial charge on any atom is 0.375 e. The highest BCUT2D eigenvalue weighted by molar-refractivity contribution is 6.33. The van der Waals surface area contributed by atoms with Gasteiger partial charge in [0.25, 0.3) is 0 Å². The molecular formula is C15H17F2N5O4. The molecule has 0 aliphatic carbocycles. The molecule has 4 atom stereocenters. The predicted molar refractivity (Wildman–Crippen MR) is 84.0 cm³/mol. The standard InChI is InChI=1S/C15H17F2N5O4/c1-3-6(23)14(24)26-10-7(4-2)25-13(8(10)16)22-5-19-9-11(18)20-15(17)21-12(9)22/h5,7-8,10,13H,3-4H2,1-2H3,(H2,18,20,21)/t7-,8+,10?,13-/m1/s1. The van der Waals surface area contributed by atoms with Crippen LogP contribution in [0.4, 0.5) is 14.6 Å². The van der Waals surface area contributed by atoms with Crippen LogP contribution in [0.3, 0.4) is 0 Å². The SMILES string of the molecule is CCC(=O)C(=O)OC1[C@@H](CC)O[C@@H](n2cnc3c(N)nc(F)nc32)[C@H]1F. The molecule has 2 N–H and O–H groups in total. The highest BCUT2D eigenvalue weighted by Gasteiger charge is 2.48. The van der Waals surface area contributed by atoms with Gasteiger partial charge in [-0.3, -0.25) is 9.36 Å². The lowest BCUT2D eigenvalue weighted by molar-refractivity contribution is -0.161. The van der Waals surface area contributed by atoms with Crippen LogP contribution in [-0.2, 0) is 19.1 Å². The van der Waals surface area contributed by atoms with Gasteiger partial charge in [0.05, 0.1) is 6.33 Å². The summed E-state index contributed by atoms with van der Waals surface area (Å²) in [4.78, 5) is 34.1. The first kappa shape index (κ1) is 18.1. The fraction of sp³-hybridized carbons (Fsp3) is 0.533. The minimum Gasteiger partial charge on any atom is -0.451 e. The quantitative estimate of drug-likeness (QED) is 0.472. The van der Waals surface area contributed by atoms with Gasteiger partial charge < -0.3 is 15.2 Å². The number of anilines is 1. The summed E-state index contributed by atoms with van der Waals surface area (Å²) in [7, 11) is 0. The number of Topliss-reactive ketones (excluding diaryl/α,β-unsaturated/α-hetero) is 1. The Morgan fingerprint density at radius 1 is 1.38 bits per heavy atom. The second kappa shape index (κ2) is 6.90. The number of carbonyl (C=O) groups is 2. The normalized spacial score (nSPS) is 25.5. The van der Waals surface area contributed by atoms with Crippen molar-refractivity contribution in [3.05, 3.63) is 12.4 Å². The molecule has 0 bridgehead atoms. The number of ketones is 1. The summed E-state index contributed by atoms with van der Waals surface area (Å²) < 4.78 is 40.3. The van der Waals surface area contributed by atoms with Crippen LogP contribution in [0.2, 0.25) is 0 Å². The molecule has 2 aromatic rings. The van der Waals surface area contributed by atoms with Gasteiger partial charge in [0, 0.05) is 6.42 Å². The van der Waals surface area contributed by atoms with Crippen molar-refractivity contribution >= 4 is 28.7 Å². The lowest BCUT2D eigenvalue weighted by Gasteiger charge is -2.18. The Labute approximate surface area is 146 Å². The molecule has 3 heterocycles. The topological polar surface area (TPSA) is 122 Å². The summed E-state index contributed by atoms with van der Waals surface area (Å²) >= 11 is 0. The summed E-state index contributed by atoms with van der Waals surface area (Å²) in [5, 5.41) is 0. The zero-order valence-corrected chi connectivity index (χ0v) is 14.1. The van der Waals surface area contributed by atoms with E-state index in [2.05, 4.69) is 15.0 Å². The summed E-state index contributed by atoms with van der Waals surface area (Å²) in [6, 6.07) is 0. The predicted octanol–water partition coefficient (Wildman–Crippen LogP) is 1.08. The zero-order valence-electron chi connectivity index (χ0n) is 14.1. The van der Waals surface area contributed by atoms with Crippen LogP contribution in [0.25, 0.3) is 11.2 Å².